The van der Waals surface area contributed by atoms with E-state index in [1.54, 1.807) is 0 Å². The van der Waals surface area contributed by atoms with E-state index in [2.05, 4.69) is 173 Å². The number of fused-ring (bicyclic) bond motifs is 12. The zero-order valence-corrected chi connectivity index (χ0v) is 28.0. The first-order chi connectivity index (χ1) is 25.8. The molecule has 0 aliphatic rings. The summed E-state index contributed by atoms with van der Waals surface area (Å²) in [6.07, 6.45) is 0. The molecule has 0 bridgehead atoms. The monoisotopic (exact) mass is 663 g/mol. The van der Waals surface area contributed by atoms with Crippen LogP contribution in [0.1, 0.15) is 0 Å². The van der Waals surface area contributed by atoms with Crippen LogP contribution in [0.3, 0.4) is 0 Å². The van der Waals surface area contributed by atoms with Gasteiger partial charge in [-0.05, 0) is 54.6 Å². The quantitative estimate of drug-likeness (QED) is 0.176. The first-order valence-corrected chi connectivity index (χ1v) is 17.5. The van der Waals surface area contributed by atoms with E-state index < -0.39 is 0 Å². The van der Waals surface area contributed by atoms with E-state index in [0.29, 0.717) is 5.82 Å². The first-order valence-electron chi connectivity index (χ1n) is 17.5. The third-order valence-electron chi connectivity index (χ3n) is 10.3. The van der Waals surface area contributed by atoms with E-state index >= 15 is 0 Å². The molecular weight excluding hydrogens is 635 g/mol. The van der Waals surface area contributed by atoms with Crippen molar-refractivity contribution in [1.29, 1.82) is 0 Å². The molecule has 0 saturated carbocycles. The average molecular weight is 664 g/mol. The zero-order valence-electron chi connectivity index (χ0n) is 28.0. The van der Waals surface area contributed by atoms with Crippen LogP contribution in [0.2, 0.25) is 0 Å². The minimum atomic E-state index is 0.688. The van der Waals surface area contributed by atoms with Gasteiger partial charge in [-0.1, -0.05) is 121 Å². The van der Waals surface area contributed by atoms with Crippen LogP contribution in [0.15, 0.2) is 176 Å². The fourth-order valence-corrected chi connectivity index (χ4v) is 8.01. The van der Waals surface area contributed by atoms with Crippen molar-refractivity contribution in [2.24, 2.45) is 0 Å². The molecule has 0 fully saturated rings. The summed E-state index contributed by atoms with van der Waals surface area (Å²) in [5.74, 6) is 0.688. The molecule has 0 amide bonds. The van der Waals surface area contributed by atoms with Gasteiger partial charge in [-0.15, -0.1) is 0 Å². The molecule has 11 rings (SSSR count). The lowest BCUT2D eigenvalue weighted by Gasteiger charge is -2.13. The van der Waals surface area contributed by atoms with Crippen molar-refractivity contribution in [1.82, 2.24) is 23.9 Å². The number of rotatable bonds is 4. The van der Waals surface area contributed by atoms with Gasteiger partial charge in [-0.2, -0.15) is 0 Å². The molecule has 0 N–H and O–H groups in total. The average Bonchev–Trinajstić information content (AvgIpc) is 3.78. The van der Waals surface area contributed by atoms with Gasteiger partial charge >= 0.3 is 0 Å². The predicted octanol–water partition coefficient (Wildman–Crippen LogP) is 11.7. The Morgan fingerprint density at radius 3 is 1.69 bits per heavy atom. The van der Waals surface area contributed by atoms with Gasteiger partial charge in [-0.25, -0.2) is 15.0 Å². The third kappa shape index (κ3) is 4.26. The van der Waals surface area contributed by atoms with E-state index in [-0.39, 0.29) is 0 Å². The van der Waals surface area contributed by atoms with Crippen molar-refractivity contribution in [2.45, 2.75) is 0 Å². The van der Waals surface area contributed by atoms with Gasteiger partial charge in [0.05, 0.1) is 39.0 Å². The Kier molecular flexibility index (Phi) is 6.18. The molecule has 0 saturated heterocycles. The van der Waals surface area contributed by atoms with E-state index in [4.69, 9.17) is 15.0 Å². The Balaban J connectivity index is 1.18. The lowest BCUT2D eigenvalue weighted by atomic mass is 10.00. The summed E-state index contributed by atoms with van der Waals surface area (Å²) in [6.45, 7) is 0. The summed E-state index contributed by atoms with van der Waals surface area (Å²) in [7, 11) is 0. The number of hydrogen-bond donors (Lipinski definition) is 0. The Hall–Kier alpha value is -7.11. The van der Waals surface area contributed by atoms with Crippen molar-refractivity contribution in [2.75, 3.05) is 0 Å². The van der Waals surface area contributed by atoms with E-state index in [0.717, 1.165) is 72.4 Å². The topological polar surface area (TPSA) is 48.0 Å². The molecule has 5 nitrogen and oxygen atoms in total. The molecule has 4 heterocycles. The number of para-hydroxylation sites is 4. The molecule has 0 atom stereocenters. The van der Waals surface area contributed by atoms with Crippen LogP contribution in [0, 0.1) is 0 Å². The van der Waals surface area contributed by atoms with Gasteiger partial charge in [0.2, 0.25) is 0 Å². The molecule has 0 aliphatic carbocycles. The van der Waals surface area contributed by atoms with Gasteiger partial charge in [0, 0.05) is 49.3 Å². The van der Waals surface area contributed by atoms with Crippen molar-refractivity contribution in [3.8, 4) is 39.6 Å². The zero-order chi connectivity index (χ0) is 34.2. The Bertz CT molecular complexity index is 3120. The van der Waals surface area contributed by atoms with Crippen LogP contribution in [-0.2, 0) is 0 Å². The maximum Gasteiger partial charge on any atom is 0.160 e. The van der Waals surface area contributed by atoms with Gasteiger partial charge in [-0.3, -0.25) is 4.40 Å². The minimum Gasteiger partial charge on any atom is -0.309 e. The number of benzene rings is 7. The normalized spacial score (nSPS) is 11.8. The highest BCUT2D eigenvalue weighted by molar-refractivity contribution is 6.30. The van der Waals surface area contributed by atoms with Gasteiger partial charge in [0.1, 0.15) is 5.65 Å². The molecule has 242 valence electrons. The first kappa shape index (κ1) is 28.7. The maximum atomic E-state index is 5.19. The number of aromatic nitrogens is 5. The maximum absolute atomic E-state index is 5.19. The highest BCUT2D eigenvalue weighted by atomic mass is 15.0. The second-order valence-corrected chi connectivity index (χ2v) is 13.3. The Morgan fingerprint density at radius 2 is 0.962 bits per heavy atom. The van der Waals surface area contributed by atoms with Gasteiger partial charge in [0.15, 0.2) is 5.82 Å². The number of pyridine rings is 1. The van der Waals surface area contributed by atoms with Crippen LogP contribution < -0.4 is 0 Å². The van der Waals surface area contributed by atoms with Crippen LogP contribution in [0.25, 0.3) is 99.8 Å². The molecule has 11 aromatic rings. The summed E-state index contributed by atoms with van der Waals surface area (Å²) in [4.78, 5) is 15.5. The summed E-state index contributed by atoms with van der Waals surface area (Å²) < 4.78 is 4.70. The minimum absolute atomic E-state index is 0.688. The number of imidazole rings is 1. The fourth-order valence-electron chi connectivity index (χ4n) is 8.01. The summed E-state index contributed by atoms with van der Waals surface area (Å²) in [5, 5.41) is 5.98. The molecule has 7 aromatic carbocycles. The van der Waals surface area contributed by atoms with Gasteiger partial charge < -0.3 is 4.57 Å². The largest absolute Gasteiger partial charge is 0.309 e. The van der Waals surface area contributed by atoms with E-state index in [1.165, 1.54) is 21.5 Å². The molecule has 4 aromatic heterocycles. The van der Waals surface area contributed by atoms with Gasteiger partial charge in [0.25, 0.3) is 0 Å². The SMILES string of the molecule is c1ccc(-c2cc(-c3ccccc3)nc(-c3cccc(-n4c5ccccc5c5c6c7ccccc7n7c8ccccc8nc7c6ccc54)c3)n2)cc1. The Morgan fingerprint density at radius 1 is 0.365 bits per heavy atom. The smallest absolute Gasteiger partial charge is 0.160 e. The fraction of sp³-hybridized carbons (Fsp3) is 0. The molecule has 0 radical (unpaired) electrons. The molecular formula is C47H29N5. The van der Waals surface area contributed by atoms with Crippen molar-refractivity contribution in [3.63, 3.8) is 0 Å². The van der Waals surface area contributed by atoms with Crippen LogP contribution in [0.4, 0.5) is 0 Å². The second-order valence-electron chi connectivity index (χ2n) is 13.3. The number of nitrogens with zero attached hydrogens (tertiary/aromatic N) is 5. The second kappa shape index (κ2) is 11.2. The molecule has 0 aliphatic heterocycles. The Labute approximate surface area is 298 Å². The van der Waals surface area contributed by atoms with Crippen molar-refractivity contribution in [3.05, 3.63) is 176 Å². The number of hydrogen-bond acceptors (Lipinski definition) is 3. The molecule has 5 heteroatoms. The van der Waals surface area contributed by atoms with Crippen molar-refractivity contribution >= 4 is 60.2 Å². The van der Waals surface area contributed by atoms with Crippen LogP contribution in [0.5, 0.6) is 0 Å². The summed E-state index contributed by atoms with van der Waals surface area (Å²) >= 11 is 0. The summed E-state index contributed by atoms with van der Waals surface area (Å²) in [6, 6.07) is 61.8. The predicted molar refractivity (Wildman–Crippen MR) is 214 cm³/mol. The lowest BCUT2D eigenvalue weighted by Crippen LogP contribution is -1.98. The highest BCUT2D eigenvalue weighted by Crippen LogP contribution is 2.42. The van der Waals surface area contributed by atoms with Crippen LogP contribution >= 0.6 is 0 Å². The van der Waals surface area contributed by atoms with E-state index in [1.807, 2.05) is 12.1 Å². The molecule has 0 spiro atoms. The molecule has 52 heavy (non-hydrogen) atoms. The standard InChI is InChI=1S/C47H29N5/c1-3-14-30(15-4-1)38-29-39(31-16-5-2-6-17-31)49-46(48-38)32-18-13-19-33(28-32)51-40-23-10-8-21-35(40)45-43(51)27-26-36-44(45)34-20-7-11-24-41(34)52-42-25-12-9-22-37(42)50-47(36)52/h1-29H. The summed E-state index contributed by atoms with van der Waals surface area (Å²) in [5.41, 5.74) is 12.4. The van der Waals surface area contributed by atoms with Crippen molar-refractivity contribution < 1.29 is 0 Å². The van der Waals surface area contributed by atoms with Crippen LogP contribution in [-0.4, -0.2) is 23.9 Å². The molecule has 0 unspecified atom stereocenters. The lowest BCUT2D eigenvalue weighted by molar-refractivity contribution is 1.16. The third-order valence-corrected chi connectivity index (χ3v) is 10.3. The van der Waals surface area contributed by atoms with E-state index in [9.17, 15) is 0 Å². The highest BCUT2D eigenvalue weighted by Gasteiger charge is 2.21.